The average molecular weight is 367 g/mol. The van der Waals surface area contributed by atoms with Crippen LogP contribution < -0.4 is 9.47 Å². The Labute approximate surface area is 147 Å². The normalized spacial score (nSPS) is 14.8. The van der Waals surface area contributed by atoms with Crippen LogP contribution in [0.3, 0.4) is 0 Å². The molecule has 1 saturated heterocycles. The molecule has 0 bridgehead atoms. The Morgan fingerprint density at radius 2 is 1.38 bits per heavy atom. The van der Waals surface area contributed by atoms with Crippen molar-refractivity contribution in [1.29, 1.82) is 0 Å². The van der Waals surface area contributed by atoms with Gasteiger partial charge in [0.05, 0.1) is 18.8 Å². The van der Waals surface area contributed by atoms with Gasteiger partial charge in [0, 0.05) is 13.1 Å². The Kier molecular flexibility index (Phi) is 5.32. The van der Waals surface area contributed by atoms with Crippen molar-refractivity contribution in [3.63, 3.8) is 0 Å². The first-order valence-electron chi connectivity index (χ1n) is 7.91. The second-order valence-electron chi connectivity index (χ2n) is 5.56. The summed E-state index contributed by atoms with van der Waals surface area (Å²) < 4.78 is 53.5. The molecule has 8 heteroatoms. The summed E-state index contributed by atoms with van der Waals surface area (Å²) in [5.74, 6) is 1.04. The number of hydrogen-bond donors (Lipinski definition) is 0. The predicted molar refractivity (Wildman–Crippen MR) is 86.4 cm³/mol. The summed E-state index contributed by atoms with van der Waals surface area (Å²) in [5, 5.41) is 0. The molecule has 0 radical (unpaired) electrons. The first-order valence-corrected chi connectivity index (χ1v) is 7.91. The molecule has 1 heterocycles. The SMILES string of the molecule is O=C(Oc1ccc(Oc2ccc(C(F)(F)F)cc2)cc1)N1CCOCC1. The van der Waals surface area contributed by atoms with Crippen LogP contribution in [0.1, 0.15) is 5.56 Å². The quantitative estimate of drug-likeness (QED) is 0.810. The average Bonchev–Trinajstić information content (AvgIpc) is 2.64. The maximum Gasteiger partial charge on any atom is 0.416 e. The van der Waals surface area contributed by atoms with Crippen LogP contribution in [0, 0.1) is 0 Å². The van der Waals surface area contributed by atoms with E-state index in [-0.39, 0.29) is 5.75 Å². The van der Waals surface area contributed by atoms with Gasteiger partial charge in [0.1, 0.15) is 17.2 Å². The number of benzene rings is 2. The number of alkyl halides is 3. The van der Waals surface area contributed by atoms with Crippen molar-refractivity contribution in [2.75, 3.05) is 26.3 Å². The van der Waals surface area contributed by atoms with Crippen molar-refractivity contribution in [2.24, 2.45) is 0 Å². The third-order valence-corrected chi connectivity index (χ3v) is 3.72. The molecular weight excluding hydrogens is 351 g/mol. The molecule has 2 aromatic rings. The fourth-order valence-corrected chi connectivity index (χ4v) is 2.34. The van der Waals surface area contributed by atoms with E-state index in [1.54, 1.807) is 29.2 Å². The fraction of sp³-hybridized carbons (Fsp3) is 0.278. The van der Waals surface area contributed by atoms with Crippen LogP contribution in [0.25, 0.3) is 0 Å². The molecule has 0 aliphatic carbocycles. The zero-order chi connectivity index (χ0) is 18.6. The number of rotatable bonds is 3. The lowest BCUT2D eigenvalue weighted by Crippen LogP contribution is -2.42. The molecule has 0 aromatic heterocycles. The van der Waals surface area contributed by atoms with E-state index in [0.717, 1.165) is 12.1 Å². The Morgan fingerprint density at radius 3 is 1.92 bits per heavy atom. The van der Waals surface area contributed by atoms with E-state index in [4.69, 9.17) is 14.2 Å². The summed E-state index contributed by atoms with van der Waals surface area (Å²) in [6.07, 6.45) is -4.84. The maximum absolute atomic E-state index is 12.5. The maximum atomic E-state index is 12.5. The number of carbonyl (C=O) groups is 1. The molecule has 0 unspecified atom stereocenters. The highest BCUT2D eigenvalue weighted by Gasteiger charge is 2.30. The molecule has 138 valence electrons. The standard InChI is InChI=1S/C18H16F3NO4/c19-18(20,21)13-1-3-14(4-2-13)25-15-5-7-16(8-6-15)26-17(23)22-9-11-24-12-10-22/h1-8H,9-12H2. The van der Waals surface area contributed by atoms with Crippen molar-refractivity contribution < 1.29 is 32.2 Å². The Balaban J connectivity index is 1.58. The Bertz CT molecular complexity index is 739. The van der Waals surface area contributed by atoms with Crippen LogP contribution in [0.4, 0.5) is 18.0 Å². The third kappa shape index (κ3) is 4.66. The van der Waals surface area contributed by atoms with Gasteiger partial charge in [-0.25, -0.2) is 4.79 Å². The van der Waals surface area contributed by atoms with Gasteiger partial charge < -0.3 is 19.1 Å². The molecule has 3 rings (SSSR count). The van der Waals surface area contributed by atoms with E-state index in [1.165, 1.54) is 12.1 Å². The zero-order valence-electron chi connectivity index (χ0n) is 13.7. The molecule has 2 aromatic carbocycles. The summed E-state index contributed by atoms with van der Waals surface area (Å²) in [4.78, 5) is 13.5. The van der Waals surface area contributed by atoms with E-state index >= 15 is 0 Å². The van der Waals surface area contributed by atoms with Crippen molar-refractivity contribution in [2.45, 2.75) is 6.18 Å². The second-order valence-corrected chi connectivity index (χ2v) is 5.56. The van der Waals surface area contributed by atoms with Gasteiger partial charge in [-0.05, 0) is 48.5 Å². The van der Waals surface area contributed by atoms with Gasteiger partial charge in [0.15, 0.2) is 0 Å². The summed E-state index contributed by atoms with van der Waals surface area (Å²) in [6.45, 7) is 1.92. The van der Waals surface area contributed by atoms with E-state index in [9.17, 15) is 18.0 Å². The third-order valence-electron chi connectivity index (χ3n) is 3.72. The minimum absolute atomic E-state index is 0.274. The van der Waals surface area contributed by atoms with Crippen LogP contribution in [0.15, 0.2) is 48.5 Å². The molecule has 1 aliphatic heterocycles. The minimum atomic E-state index is -4.38. The van der Waals surface area contributed by atoms with Crippen molar-refractivity contribution in [1.82, 2.24) is 4.90 Å². The fourth-order valence-electron chi connectivity index (χ4n) is 2.34. The van der Waals surface area contributed by atoms with Gasteiger partial charge in [0.2, 0.25) is 0 Å². The van der Waals surface area contributed by atoms with Gasteiger partial charge in [-0.15, -0.1) is 0 Å². The largest absolute Gasteiger partial charge is 0.457 e. The smallest absolute Gasteiger partial charge is 0.416 e. The summed E-state index contributed by atoms with van der Waals surface area (Å²) in [7, 11) is 0. The highest BCUT2D eigenvalue weighted by atomic mass is 19.4. The van der Waals surface area contributed by atoms with Crippen LogP contribution in [0.5, 0.6) is 17.2 Å². The lowest BCUT2D eigenvalue weighted by Gasteiger charge is -2.25. The number of halogens is 3. The number of amides is 1. The number of nitrogens with zero attached hydrogens (tertiary/aromatic N) is 1. The van der Waals surface area contributed by atoms with Crippen LogP contribution >= 0.6 is 0 Å². The number of morpholine rings is 1. The molecule has 0 spiro atoms. The predicted octanol–water partition coefficient (Wildman–Crippen LogP) is 4.33. The summed E-state index contributed by atoms with van der Waals surface area (Å²) in [6, 6.07) is 10.6. The topological polar surface area (TPSA) is 48.0 Å². The van der Waals surface area contributed by atoms with Gasteiger partial charge in [-0.3, -0.25) is 0 Å². The highest BCUT2D eigenvalue weighted by Crippen LogP contribution is 2.31. The van der Waals surface area contributed by atoms with Crippen molar-refractivity contribution >= 4 is 6.09 Å². The number of hydrogen-bond acceptors (Lipinski definition) is 4. The van der Waals surface area contributed by atoms with Gasteiger partial charge in [-0.1, -0.05) is 0 Å². The highest BCUT2D eigenvalue weighted by molar-refractivity contribution is 5.70. The van der Waals surface area contributed by atoms with Crippen LogP contribution in [-0.4, -0.2) is 37.3 Å². The van der Waals surface area contributed by atoms with E-state index < -0.39 is 17.8 Å². The first kappa shape index (κ1) is 18.1. The van der Waals surface area contributed by atoms with E-state index in [1.807, 2.05) is 0 Å². The molecule has 0 N–H and O–H groups in total. The molecule has 0 saturated carbocycles. The minimum Gasteiger partial charge on any atom is -0.457 e. The monoisotopic (exact) mass is 367 g/mol. The summed E-state index contributed by atoms with van der Waals surface area (Å²) >= 11 is 0. The Morgan fingerprint density at radius 1 is 0.885 bits per heavy atom. The van der Waals surface area contributed by atoms with Crippen LogP contribution in [-0.2, 0) is 10.9 Å². The van der Waals surface area contributed by atoms with E-state index in [2.05, 4.69) is 0 Å². The Hall–Kier alpha value is -2.74. The lowest BCUT2D eigenvalue weighted by atomic mass is 10.2. The molecule has 1 aliphatic rings. The second kappa shape index (κ2) is 7.65. The van der Waals surface area contributed by atoms with Gasteiger partial charge in [-0.2, -0.15) is 13.2 Å². The number of ether oxygens (including phenoxy) is 3. The lowest BCUT2D eigenvalue weighted by molar-refractivity contribution is -0.137. The van der Waals surface area contributed by atoms with Crippen LogP contribution in [0.2, 0.25) is 0 Å². The molecule has 26 heavy (non-hydrogen) atoms. The zero-order valence-corrected chi connectivity index (χ0v) is 13.7. The van der Waals surface area contributed by atoms with Gasteiger partial charge >= 0.3 is 12.3 Å². The van der Waals surface area contributed by atoms with Crippen molar-refractivity contribution in [3.05, 3.63) is 54.1 Å². The van der Waals surface area contributed by atoms with E-state index in [0.29, 0.717) is 37.8 Å². The summed E-state index contributed by atoms with van der Waals surface area (Å²) in [5.41, 5.74) is -0.741. The molecule has 1 amide bonds. The first-order chi connectivity index (χ1) is 12.4. The molecule has 5 nitrogen and oxygen atoms in total. The van der Waals surface area contributed by atoms with Crippen molar-refractivity contribution in [3.8, 4) is 17.2 Å². The number of carbonyl (C=O) groups excluding carboxylic acids is 1. The molecular formula is C18H16F3NO4. The molecule has 1 fully saturated rings. The van der Waals surface area contributed by atoms with Gasteiger partial charge in [0.25, 0.3) is 0 Å². The molecule has 0 atom stereocenters.